The van der Waals surface area contributed by atoms with Gasteiger partial charge in [-0.3, -0.25) is 9.59 Å². The Morgan fingerprint density at radius 3 is 2.54 bits per heavy atom. The number of rotatable bonds is 10. The van der Waals surface area contributed by atoms with E-state index in [-0.39, 0.29) is 18.6 Å². The number of carbonyl (C=O) groups excluding carboxylic acids is 1. The Morgan fingerprint density at radius 2 is 1.83 bits per heavy atom. The Bertz CT molecular complexity index is 1390. The molecule has 4 rings (SSSR count). The fraction of sp³-hybridized carbons (Fsp3) is 0.214. The van der Waals surface area contributed by atoms with Crippen molar-refractivity contribution in [2.75, 3.05) is 7.11 Å². The number of carbonyl (C=O) groups is 2. The van der Waals surface area contributed by atoms with Crippen molar-refractivity contribution < 1.29 is 28.6 Å². The van der Waals surface area contributed by atoms with E-state index in [1.165, 1.54) is 17.7 Å². The second-order valence-corrected chi connectivity index (χ2v) is 8.31. The van der Waals surface area contributed by atoms with Crippen LogP contribution in [-0.4, -0.2) is 24.1 Å². The molecule has 0 radical (unpaired) electrons. The van der Waals surface area contributed by atoms with Gasteiger partial charge in [-0.15, -0.1) is 0 Å². The number of carboxylic acids is 1. The molecular formula is C28H27NO6. The average molecular weight is 474 g/mol. The van der Waals surface area contributed by atoms with Crippen molar-refractivity contribution in [2.45, 2.75) is 33.0 Å². The molecule has 7 nitrogen and oxygen atoms in total. The molecule has 0 unspecified atom stereocenters. The number of nitrogens with two attached hydrogens (primary N) is 1. The molecule has 1 aromatic heterocycles. The molecule has 4 aromatic rings. The van der Waals surface area contributed by atoms with Gasteiger partial charge < -0.3 is 24.7 Å². The normalized spacial score (nSPS) is 11.0. The van der Waals surface area contributed by atoms with Crippen LogP contribution in [0.15, 0.2) is 65.1 Å². The first-order valence-electron chi connectivity index (χ1n) is 11.3. The lowest BCUT2D eigenvalue weighted by Gasteiger charge is -2.13. The van der Waals surface area contributed by atoms with Crippen LogP contribution in [0.1, 0.15) is 39.7 Å². The predicted molar refractivity (Wildman–Crippen MR) is 132 cm³/mol. The molecule has 0 aliphatic heterocycles. The summed E-state index contributed by atoms with van der Waals surface area (Å²) < 4.78 is 17.4. The third kappa shape index (κ3) is 5.53. The molecule has 0 fully saturated rings. The van der Waals surface area contributed by atoms with Crippen molar-refractivity contribution in [3.05, 3.63) is 88.7 Å². The minimum absolute atomic E-state index is 0.163. The number of carboxylic acid groups (broad SMARTS) is 1. The number of methoxy groups -OCH3 is 1. The highest BCUT2D eigenvalue weighted by molar-refractivity contribution is 5.94. The van der Waals surface area contributed by atoms with Crippen LogP contribution >= 0.6 is 0 Å². The predicted octanol–water partition coefficient (Wildman–Crippen LogP) is 5.11. The third-order valence-corrected chi connectivity index (χ3v) is 5.75. The Morgan fingerprint density at radius 1 is 1.00 bits per heavy atom. The maximum Gasteiger partial charge on any atom is 0.307 e. The largest absolute Gasteiger partial charge is 0.489 e. The molecule has 0 aliphatic carbocycles. The van der Waals surface area contributed by atoms with Gasteiger partial charge in [-0.1, -0.05) is 37.3 Å². The number of fused-ring (bicyclic) bond motifs is 1. The van der Waals surface area contributed by atoms with E-state index in [1.807, 2.05) is 30.3 Å². The summed E-state index contributed by atoms with van der Waals surface area (Å²) in [5.74, 6) is -0.581. The zero-order valence-electron chi connectivity index (χ0n) is 19.7. The van der Waals surface area contributed by atoms with Gasteiger partial charge in [0.15, 0.2) is 0 Å². The molecule has 1 amide bonds. The molecule has 3 N–H and O–H groups in total. The van der Waals surface area contributed by atoms with Crippen molar-refractivity contribution >= 4 is 22.8 Å². The molecule has 0 saturated carbocycles. The minimum atomic E-state index is -0.995. The zero-order valence-corrected chi connectivity index (χ0v) is 19.7. The Labute approximate surface area is 203 Å². The number of aryl methyl sites for hydroxylation is 1. The number of benzene rings is 3. The van der Waals surface area contributed by atoms with E-state index in [1.54, 1.807) is 13.2 Å². The van der Waals surface area contributed by atoms with Gasteiger partial charge in [0.1, 0.15) is 30.3 Å². The maximum absolute atomic E-state index is 11.6. The number of hydrogen-bond donors (Lipinski definition) is 2. The van der Waals surface area contributed by atoms with Gasteiger partial charge in [-0.25, -0.2) is 0 Å². The summed E-state index contributed by atoms with van der Waals surface area (Å²) in [4.78, 5) is 22.9. The molecule has 35 heavy (non-hydrogen) atoms. The molecule has 0 aliphatic rings. The first-order chi connectivity index (χ1) is 16.9. The van der Waals surface area contributed by atoms with E-state index in [2.05, 4.69) is 19.1 Å². The van der Waals surface area contributed by atoms with Gasteiger partial charge >= 0.3 is 5.97 Å². The van der Waals surface area contributed by atoms with Crippen LogP contribution in [0.4, 0.5) is 0 Å². The van der Waals surface area contributed by atoms with Crippen LogP contribution in [0.2, 0.25) is 0 Å². The first kappa shape index (κ1) is 24.0. The quantitative estimate of drug-likeness (QED) is 0.331. The third-order valence-electron chi connectivity index (χ3n) is 5.75. The zero-order chi connectivity index (χ0) is 24.9. The molecule has 3 aromatic carbocycles. The molecular weight excluding hydrogens is 446 g/mol. The molecule has 0 bridgehead atoms. The molecule has 0 atom stereocenters. The second-order valence-electron chi connectivity index (χ2n) is 8.31. The summed E-state index contributed by atoms with van der Waals surface area (Å²) >= 11 is 0. The molecule has 7 heteroatoms. The Kier molecular flexibility index (Phi) is 7.17. The number of primary amides is 1. The number of amides is 1. The smallest absolute Gasteiger partial charge is 0.307 e. The highest BCUT2D eigenvalue weighted by atomic mass is 16.5. The summed E-state index contributed by atoms with van der Waals surface area (Å²) in [6.45, 7) is 2.63. The Balaban J connectivity index is 1.74. The van der Waals surface area contributed by atoms with Crippen LogP contribution in [0.25, 0.3) is 22.1 Å². The van der Waals surface area contributed by atoms with Crippen molar-refractivity contribution in [2.24, 2.45) is 5.73 Å². The maximum atomic E-state index is 11.6. The minimum Gasteiger partial charge on any atom is -0.489 e. The van der Waals surface area contributed by atoms with Gasteiger partial charge in [0, 0.05) is 29.2 Å². The van der Waals surface area contributed by atoms with E-state index >= 15 is 0 Å². The summed E-state index contributed by atoms with van der Waals surface area (Å²) in [6.07, 6.45) is 0.681. The standard InChI is InChI=1S/C28H27NO6/c1-3-17-5-4-6-19(9-17)24-11-18(10-22-12-23(16-33-2)35-27(22)24)15-34-25-13-21(28(29)32)8-7-20(25)14-26(30)31/h4-13H,3,14-16H2,1-2H3,(H2,29,32)(H,30,31). The van der Waals surface area contributed by atoms with Crippen LogP contribution < -0.4 is 10.5 Å². The first-order valence-corrected chi connectivity index (χ1v) is 11.3. The van der Waals surface area contributed by atoms with Crippen LogP contribution in [0, 0.1) is 0 Å². The molecule has 180 valence electrons. The van der Waals surface area contributed by atoms with E-state index in [4.69, 9.17) is 19.6 Å². The van der Waals surface area contributed by atoms with E-state index in [9.17, 15) is 14.7 Å². The van der Waals surface area contributed by atoms with Gasteiger partial charge in [0.05, 0.1) is 6.42 Å². The topological polar surface area (TPSA) is 112 Å². The van der Waals surface area contributed by atoms with E-state index < -0.39 is 11.9 Å². The van der Waals surface area contributed by atoms with Crippen molar-refractivity contribution in [3.8, 4) is 16.9 Å². The van der Waals surface area contributed by atoms with Gasteiger partial charge in [-0.2, -0.15) is 0 Å². The molecule has 0 spiro atoms. The lowest BCUT2D eigenvalue weighted by molar-refractivity contribution is -0.136. The Hall–Kier alpha value is -4.10. The summed E-state index contributed by atoms with van der Waals surface area (Å²) in [7, 11) is 1.62. The highest BCUT2D eigenvalue weighted by Gasteiger charge is 2.15. The van der Waals surface area contributed by atoms with Gasteiger partial charge in [0.25, 0.3) is 0 Å². The summed E-state index contributed by atoms with van der Waals surface area (Å²) in [5, 5.41) is 10.2. The number of ether oxygens (including phenoxy) is 2. The summed E-state index contributed by atoms with van der Waals surface area (Å²) in [5.41, 5.74) is 10.9. The highest BCUT2D eigenvalue weighted by Crippen LogP contribution is 2.34. The van der Waals surface area contributed by atoms with Crippen molar-refractivity contribution in [3.63, 3.8) is 0 Å². The van der Waals surface area contributed by atoms with Crippen molar-refractivity contribution in [1.82, 2.24) is 0 Å². The average Bonchev–Trinajstić information content (AvgIpc) is 3.25. The fourth-order valence-corrected chi connectivity index (χ4v) is 4.05. The summed E-state index contributed by atoms with van der Waals surface area (Å²) in [6, 6.07) is 18.8. The monoisotopic (exact) mass is 473 g/mol. The van der Waals surface area contributed by atoms with Crippen LogP contribution in [0.3, 0.4) is 0 Å². The van der Waals surface area contributed by atoms with Crippen LogP contribution in [0.5, 0.6) is 5.75 Å². The lowest BCUT2D eigenvalue weighted by Crippen LogP contribution is -2.12. The molecule has 1 heterocycles. The molecule has 0 saturated heterocycles. The van der Waals surface area contributed by atoms with Gasteiger partial charge in [0.2, 0.25) is 5.91 Å². The second kappa shape index (κ2) is 10.4. The lowest BCUT2D eigenvalue weighted by atomic mass is 9.98. The van der Waals surface area contributed by atoms with Crippen molar-refractivity contribution in [1.29, 1.82) is 0 Å². The SMILES string of the molecule is CCc1cccc(-c2cc(COc3cc(C(N)=O)ccc3CC(=O)O)cc3cc(COC)oc23)c1. The van der Waals surface area contributed by atoms with Crippen LogP contribution in [-0.2, 0) is 35.6 Å². The number of hydrogen-bond acceptors (Lipinski definition) is 5. The van der Waals surface area contributed by atoms with E-state index in [0.29, 0.717) is 23.7 Å². The fourth-order valence-electron chi connectivity index (χ4n) is 4.05. The van der Waals surface area contributed by atoms with Gasteiger partial charge in [-0.05, 0) is 53.4 Å². The van der Waals surface area contributed by atoms with E-state index in [0.717, 1.165) is 34.1 Å². The number of furan rings is 1. The number of aliphatic carboxylic acids is 1.